The minimum atomic E-state index is 0.451. The number of likely N-dealkylation sites (tertiary alicyclic amines) is 1. The normalized spacial score (nSPS) is 20.8. The van der Waals surface area contributed by atoms with Crippen LogP contribution in [0.1, 0.15) is 12.8 Å². The summed E-state index contributed by atoms with van der Waals surface area (Å²) in [5.41, 5.74) is 6.43. The summed E-state index contributed by atoms with van der Waals surface area (Å²) >= 11 is 5.91. The van der Waals surface area contributed by atoms with Gasteiger partial charge in [0.2, 0.25) is 0 Å². The van der Waals surface area contributed by atoms with Gasteiger partial charge in [0, 0.05) is 31.4 Å². The number of rotatable bonds is 3. The first-order valence-corrected chi connectivity index (χ1v) is 6.28. The molecular formula is C12H19ClN4. The molecule has 1 atom stereocenters. The van der Waals surface area contributed by atoms with Crippen molar-refractivity contribution >= 4 is 23.1 Å². The van der Waals surface area contributed by atoms with Gasteiger partial charge in [-0.25, -0.2) is 4.98 Å². The van der Waals surface area contributed by atoms with Gasteiger partial charge in [-0.15, -0.1) is 0 Å². The molecule has 0 bridgehead atoms. The lowest BCUT2D eigenvalue weighted by molar-refractivity contribution is 0.314. The summed E-state index contributed by atoms with van der Waals surface area (Å²) < 4.78 is 0. The average Bonchev–Trinajstić information content (AvgIpc) is 2.63. The molecule has 5 heteroatoms. The Morgan fingerprint density at radius 1 is 1.59 bits per heavy atom. The van der Waals surface area contributed by atoms with Crippen LogP contribution >= 0.6 is 11.6 Å². The summed E-state index contributed by atoms with van der Waals surface area (Å²) in [6.07, 6.45) is 2.52. The van der Waals surface area contributed by atoms with Crippen molar-refractivity contribution in [2.24, 2.45) is 0 Å². The second-order valence-corrected chi connectivity index (χ2v) is 5.13. The monoisotopic (exact) mass is 254 g/mol. The molecule has 1 saturated heterocycles. The minimum Gasteiger partial charge on any atom is -0.399 e. The van der Waals surface area contributed by atoms with Gasteiger partial charge in [0.25, 0.3) is 0 Å². The van der Waals surface area contributed by atoms with Gasteiger partial charge < -0.3 is 15.5 Å². The third kappa shape index (κ3) is 3.01. The van der Waals surface area contributed by atoms with E-state index in [1.54, 1.807) is 6.07 Å². The van der Waals surface area contributed by atoms with Crippen LogP contribution in [-0.4, -0.2) is 43.1 Å². The van der Waals surface area contributed by atoms with Gasteiger partial charge in [0.15, 0.2) is 0 Å². The lowest BCUT2D eigenvalue weighted by Crippen LogP contribution is -2.37. The van der Waals surface area contributed by atoms with Crippen molar-refractivity contribution in [2.75, 3.05) is 37.8 Å². The highest BCUT2D eigenvalue weighted by atomic mass is 35.5. The Hall–Kier alpha value is -1.00. The predicted molar refractivity (Wildman–Crippen MR) is 72.6 cm³/mol. The third-order valence-electron chi connectivity index (χ3n) is 3.35. The third-order valence-corrected chi connectivity index (χ3v) is 3.54. The summed E-state index contributed by atoms with van der Waals surface area (Å²) in [5.74, 6) is 0.843. The second-order valence-electron chi connectivity index (χ2n) is 4.74. The summed E-state index contributed by atoms with van der Waals surface area (Å²) in [6, 6.07) is 4.13. The average molecular weight is 255 g/mol. The highest BCUT2D eigenvalue weighted by Gasteiger charge is 2.22. The van der Waals surface area contributed by atoms with Crippen molar-refractivity contribution in [3.63, 3.8) is 0 Å². The highest BCUT2D eigenvalue weighted by molar-refractivity contribution is 6.29. The minimum absolute atomic E-state index is 0.451. The molecule has 0 radical (unpaired) electrons. The van der Waals surface area contributed by atoms with Crippen LogP contribution in [0.4, 0.5) is 11.5 Å². The summed E-state index contributed by atoms with van der Waals surface area (Å²) in [5, 5.41) is 0.451. The molecule has 1 unspecified atom stereocenters. The van der Waals surface area contributed by atoms with Crippen molar-refractivity contribution < 1.29 is 0 Å². The molecule has 0 aliphatic carbocycles. The Bertz CT molecular complexity index is 376. The Morgan fingerprint density at radius 3 is 2.94 bits per heavy atom. The van der Waals surface area contributed by atoms with Crippen molar-refractivity contribution in [1.82, 2.24) is 9.88 Å². The first-order valence-electron chi connectivity index (χ1n) is 5.90. The lowest BCUT2D eigenvalue weighted by Gasteiger charge is -2.26. The van der Waals surface area contributed by atoms with Crippen LogP contribution < -0.4 is 10.6 Å². The van der Waals surface area contributed by atoms with Gasteiger partial charge in [-0.1, -0.05) is 11.6 Å². The van der Waals surface area contributed by atoms with E-state index in [4.69, 9.17) is 17.3 Å². The Balaban J connectivity index is 2.06. The number of nitrogens with zero attached hydrogens (tertiary/aromatic N) is 3. The van der Waals surface area contributed by atoms with Gasteiger partial charge in [-0.2, -0.15) is 0 Å². The van der Waals surface area contributed by atoms with Crippen LogP contribution in [0.5, 0.6) is 0 Å². The largest absolute Gasteiger partial charge is 0.399 e. The maximum absolute atomic E-state index is 5.91. The van der Waals surface area contributed by atoms with Gasteiger partial charge >= 0.3 is 0 Å². The fourth-order valence-corrected chi connectivity index (χ4v) is 2.53. The molecule has 0 aromatic carbocycles. The smallest absolute Gasteiger partial charge is 0.133 e. The number of likely N-dealkylation sites (N-methyl/N-ethyl adjacent to an activating group) is 2. The molecule has 0 spiro atoms. The second kappa shape index (κ2) is 5.10. The van der Waals surface area contributed by atoms with Crippen LogP contribution in [0.2, 0.25) is 5.15 Å². The molecule has 1 aromatic rings. The van der Waals surface area contributed by atoms with Crippen LogP contribution in [0.15, 0.2) is 12.1 Å². The molecule has 4 nitrogen and oxygen atoms in total. The summed E-state index contributed by atoms with van der Waals surface area (Å²) in [7, 11) is 4.20. The van der Waals surface area contributed by atoms with E-state index >= 15 is 0 Å². The molecule has 17 heavy (non-hydrogen) atoms. The van der Waals surface area contributed by atoms with E-state index in [1.807, 2.05) is 13.1 Å². The van der Waals surface area contributed by atoms with Crippen LogP contribution in [0, 0.1) is 0 Å². The first kappa shape index (κ1) is 12.5. The van der Waals surface area contributed by atoms with E-state index in [0.717, 1.165) is 12.4 Å². The number of aromatic nitrogens is 1. The Labute approximate surface area is 107 Å². The molecule has 1 fully saturated rings. The van der Waals surface area contributed by atoms with Crippen LogP contribution in [-0.2, 0) is 0 Å². The van der Waals surface area contributed by atoms with Crippen molar-refractivity contribution in [3.8, 4) is 0 Å². The van der Waals surface area contributed by atoms with E-state index in [1.165, 1.54) is 19.4 Å². The van der Waals surface area contributed by atoms with Crippen LogP contribution in [0.3, 0.4) is 0 Å². The zero-order valence-corrected chi connectivity index (χ0v) is 11.1. The van der Waals surface area contributed by atoms with E-state index in [9.17, 15) is 0 Å². The van der Waals surface area contributed by atoms with E-state index in [0.29, 0.717) is 16.9 Å². The molecule has 2 N–H and O–H groups in total. The SMILES string of the molecule is CN(CC1CCCN1C)c1cc(N)cc(Cl)n1. The van der Waals surface area contributed by atoms with Crippen LogP contribution in [0.25, 0.3) is 0 Å². The zero-order valence-electron chi connectivity index (χ0n) is 10.4. The Kier molecular flexibility index (Phi) is 3.74. The van der Waals surface area contributed by atoms with Crippen molar-refractivity contribution in [3.05, 3.63) is 17.3 Å². The number of hydrogen-bond donors (Lipinski definition) is 1. The number of pyridine rings is 1. The van der Waals surface area contributed by atoms with E-state index in [-0.39, 0.29) is 0 Å². The molecule has 0 saturated carbocycles. The summed E-state index contributed by atoms with van der Waals surface area (Å²) in [6.45, 7) is 2.15. The molecule has 1 aromatic heterocycles. The molecule has 94 valence electrons. The van der Waals surface area contributed by atoms with E-state index < -0.39 is 0 Å². The molecule has 0 amide bonds. The van der Waals surface area contributed by atoms with Gasteiger partial charge in [-0.3, -0.25) is 0 Å². The quantitative estimate of drug-likeness (QED) is 0.837. The molecule has 2 heterocycles. The van der Waals surface area contributed by atoms with Gasteiger partial charge in [-0.05, 0) is 32.5 Å². The molecule has 2 rings (SSSR count). The standard InChI is InChI=1S/C12H19ClN4/c1-16-5-3-4-10(16)8-17(2)12-7-9(14)6-11(13)15-12/h6-7,10H,3-5,8H2,1-2H3,(H2,14,15). The Morgan fingerprint density at radius 2 is 2.35 bits per heavy atom. The number of hydrogen-bond acceptors (Lipinski definition) is 4. The maximum Gasteiger partial charge on any atom is 0.133 e. The van der Waals surface area contributed by atoms with Gasteiger partial charge in [0.05, 0.1) is 0 Å². The first-order chi connectivity index (χ1) is 8.06. The highest BCUT2D eigenvalue weighted by Crippen LogP contribution is 2.21. The van der Waals surface area contributed by atoms with E-state index in [2.05, 4.69) is 21.8 Å². The maximum atomic E-state index is 5.91. The lowest BCUT2D eigenvalue weighted by atomic mass is 10.2. The fraction of sp³-hybridized carbons (Fsp3) is 0.583. The number of nitrogens with two attached hydrogens (primary N) is 1. The fourth-order valence-electron chi connectivity index (χ4n) is 2.32. The number of halogens is 1. The topological polar surface area (TPSA) is 45.4 Å². The predicted octanol–water partition coefficient (Wildman–Crippen LogP) is 1.85. The molecule has 1 aliphatic heterocycles. The van der Waals surface area contributed by atoms with Gasteiger partial charge in [0.1, 0.15) is 11.0 Å². The van der Waals surface area contributed by atoms with Crippen molar-refractivity contribution in [2.45, 2.75) is 18.9 Å². The molecule has 1 aliphatic rings. The number of nitrogen functional groups attached to an aromatic ring is 1. The van der Waals surface area contributed by atoms with Crippen molar-refractivity contribution in [1.29, 1.82) is 0 Å². The molecular weight excluding hydrogens is 236 g/mol. The summed E-state index contributed by atoms with van der Waals surface area (Å²) in [4.78, 5) is 8.81. The number of anilines is 2. The zero-order chi connectivity index (χ0) is 12.4.